The highest BCUT2D eigenvalue weighted by atomic mass is 35.5. The molecule has 0 saturated carbocycles. The normalized spacial score (nSPS) is 17.1. The van der Waals surface area contributed by atoms with Crippen molar-refractivity contribution in [2.75, 3.05) is 18.0 Å². The summed E-state index contributed by atoms with van der Waals surface area (Å²) in [7, 11) is 0. The monoisotopic (exact) mass is 566 g/mol. The zero-order valence-corrected chi connectivity index (χ0v) is 24.0. The largest absolute Gasteiger partial charge is 0.462 e. The Morgan fingerprint density at radius 3 is 2.52 bits per heavy atom. The van der Waals surface area contributed by atoms with Crippen molar-refractivity contribution < 1.29 is 9.15 Å². The molecule has 3 aromatic carbocycles. The molecule has 200 valence electrons. The smallest absolute Gasteiger partial charge is 0.228 e. The third-order valence-corrected chi connectivity index (χ3v) is 9.26. The van der Waals surface area contributed by atoms with Crippen LogP contribution in [0.3, 0.4) is 0 Å². The number of aromatic nitrogens is 2. The van der Waals surface area contributed by atoms with Gasteiger partial charge in [0.2, 0.25) is 5.88 Å². The van der Waals surface area contributed by atoms with Crippen LogP contribution in [0.25, 0.3) is 5.69 Å². The van der Waals surface area contributed by atoms with Gasteiger partial charge in [-0.15, -0.1) is 0 Å². The Bertz CT molecular complexity index is 1760. The number of anilines is 1. The molecule has 6 nitrogen and oxygen atoms in total. The van der Waals surface area contributed by atoms with Gasteiger partial charge >= 0.3 is 0 Å². The molecule has 1 unspecified atom stereocenters. The van der Waals surface area contributed by atoms with Gasteiger partial charge in [0.15, 0.2) is 5.76 Å². The maximum atomic E-state index is 6.83. The lowest BCUT2D eigenvalue weighted by atomic mass is 9.81. The number of benzene rings is 3. The number of fused-ring (bicyclic) bond motifs is 6. The zero-order chi connectivity index (χ0) is 27.4. The lowest BCUT2D eigenvalue weighted by molar-refractivity contribution is 0.416. The SMILES string of the molecule is CCN(CC)c1ccc2c(c1)Oc1c(c(C)nn1-c1ccccc1)C21SC(c2ccco2)=Nc2ccc(Cl)cc21. The third kappa shape index (κ3) is 3.72. The second-order valence-electron chi connectivity index (χ2n) is 9.81. The lowest BCUT2D eigenvalue weighted by Crippen LogP contribution is -2.34. The average Bonchev–Trinajstić information content (AvgIpc) is 3.63. The molecule has 2 aromatic heterocycles. The van der Waals surface area contributed by atoms with Crippen LogP contribution in [0.15, 0.2) is 94.5 Å². The van der Waals surface area contributed by atoms with Gasteiger partial charge in [-0.1, -0.05) is 47.6 Å². The summed E-state index contributed by atoms with van der Waals surface area (Å²) in [5, 5.41) is 6.48. The Labute approximate surface area is 242 Å². The summed E-state index contributed by atoms with van der Waals surface area (Å²) in [6.07, 6.45) is 1.68. The van der Waals surface area contributed by atoms with Crippen LogP contribution >= 0.6 is 23.4 Å². The molecule has 8 heteroatoms. The molecular weight excluding hydrogens is 540 g/mol. The quantitative estimate of drug-likeness (QED) is 0.213. The summed E-state index contributed by atoms with van der Waals surface area (Å²) in [5.41, 5.74) is 6.75. The van der Waals surface area contributed by atoms with Crippen LogP contribution in [0.4, 0.5) is 11.4 Å². The Kier molecular flexibility index (Phi) is 6.02. The standard InChI is InChI=1S/C32H27ClN4O2S/c1-4-36(5-2)23-14-15-24-28(19-23)39-31-29(20(3)35-37(31)22-10-7-6-8-11-22)32(24)25-18-21(33)13-16-26(25)34-30(40-32)27-12-9-17-38-27/h6-19H,4-5H2,1-3H3. The van der Waals surface area contributed by atoms with Crippen molar-refractivity contribution in [2.45, 2.75) is 25.5 Å². The van der Waals surface area contributed by atoms with E-state index in [1.807, 2.05) is 72.3 Å². The highest BCUT2D eigenvalue weighted by molar-refractivity contribution is 8.15. The summed E-state index contributed by atoms with van der Waals surface area (Å²) in [5.74, 6) is 2.19. The van der Waals surface area contributed by atoms with E-state index in [4.69, 9.17) is 30.8 Å². The maximum absolute atomic E-state index is 6.83. The number of thioether (sulfide) groups is 1. The number of furan rings is 1. The second kappa shape index (κ2) is 9.61. The van der Waals surface area contributed by atoms with Crippen LogP contribution in [0.1, 0.15) is 42.0 Å². The van der Waals surface area contributed by atoms with Crippen molar-refractivity contribution in [2.24, 2.45) is 4.99 Å². The predicted molar refractivity (Wildman–Crippen MR) is 162 cm³/mol. The van der Waals surface area contributed by atoms with Gasteiger partial charge in [0, 0.05) is 41.0 Å². The van der Waals surface area contributed by atoms with E-state index in [-0.39, 0.29) is 0 Å². The van der Waals surface area contributed by atoms with E-state index in [1.165, 1.54) is 0 Å². The van der Waals surface area contributed by atoms with Crippen molar-refractivity contribution in [1.82, 2.24) is 9.78 Å². The average molecular weight is 567 g/mol. The lowest BCUT2D eigenvalue weighted by Gasteiger charge is -2.41. The van der Waals surface area contributed by atoms with Crippen LogP contribution in [-0.2, 0) is 4.75 Å². The van der Waals surface area contributed by atoms with Crippen LogP contribution in [0.5, 0.6) is 11.6 Å². The molecule has 0 bridgehead atoms. The molecule has 1 atom stereocenters. The first-order chi connectivity index (χ1) is 19.5. The number of halogens is 1. The van der Waals surface area contributed by atoms with E-state index in [9.17, 15) is 0 Å². The van der Waals surface area contributed by atoms with Crippen molar-refractivity contribution in [3.8, 4) is 17.3 Å². The predicted octanol–water partition coefficient (Wildman–Crippen LogP) is 8.50. The molecule has 0 N–H and O–H groups in total. The van der Waals surface area contributed by atoms with E-state index in [0.29, 0.717) is 16.7 Å². The van der Waals surface area contributed by atoms with Crippen LogP contribution in [0, 0.1) is 6.92 Å². The molecule has 5 aromatic rings. The number of hydrogen-bond donors (Lipinski definition) is 0. The molecule has 1 spiro atoms. The van der Waals surface area contributed by atoms with Gasteiger partial charge in [0.05, 0.1) is 28.9 Å². The van der Waals surface area contributed by atoms with Crippen LogP contribution in [0.2, 0.25) is 5.02 Å². The number of aryl methyl sites for hydroxylation is 1. The van der Waals surface area contributed by atoms with Crippen molar-refractivity contribution in [3.05, 3.63) is 118 Å². The molecule has 0 fully saturated rings. The number of aliphatic imine (C=N–C) groups is 1. The van der Waals surface area contributed by atoms with Crippen LogP contribution in [-0.4, -0.2) is 27.9 Å². The number of rotatable bonds is 5. The highest BCUT2D eigenvalue weighted by Crippen LogP contribution is 2.63. The molecule has 0 aliphatic carbocycles. The fourth-order valence-corrected chi connectivity index (χ4v) is 7.48. The van der Waals surface area contributed by atoms with Gasteiger partial charge in [-0.2, -0.15) is 5.10 Å². The summed E-state index contributed by atoms with van der Waals surface area (Å²) in [4.78, 5) is 7.36. The van der Waals surface area contributed by atoms with Gasteiger partial charge in [-0.25, -0.2) is 9.67 Å². The van der Waals surface area contributed by atoms with Crippen LogP contribution < -0.4 is 9.64 Å². The maximum Gasteiger partial charge on any atom is 0.228 e. The molecule has 0 amide bonds. The summed E-state index contributed by atoms with van der Waals surface area (Å²) >= 11 is 8.33. The van der Waals surface area contributed by atoms with E-state index in [2.05, 4.69) is 36.9 Å². The minimum absolute atomic E-state index is 0.651. The summed E-state index contributed by atoms with van der Waals surface area (Å²) in [6, 6.07) is 26.4. The summed E-state index contributed by atoms with van der Waals surface area (Å²) in [6.45, 7) is 8.17. The van der Waals surface area contributed by atoms with Crippen molar-refractivity contribution in [1.29, 1.82) is 0 Å². The van der Waals surface area contributed by atoms with E-state index in [1.54, 1.807) is 18.0 Å². The van der Waals surface area contributed by atoms with Gasteiger partial charge in [0.1, 0.15) is 15.5 Å². The number of para-hydroxylation sites is 1. The first-order valence-electron chi connectivity index (χ1n) is 13.4. The summed E-state index contributed by atoms with van der Waals surface area (Å²) < 4.78 is 13.9. The third-order valence-electron chi connectivity index (χ3n) is 7.59. The molecule has 0 radical (unpaired) electrons. The number of hydrogen-bond acceptors (Lipinski definition) is 6. The van der Waals surface area contributed by atoms with Crippen molar-refractivity contribution >= 4 is 39.8 Å². The molecule has 4 heterocycles. The van der Waals surface area contributed by atoms with Gasteiger partial charge < -0.3 is 14.1 Å². The van der Waals surface area contributed by atoms with Gasteiger partial charge in [-0.3, -0.25) is 0 Å². The number of ether oxygens (including phenoxy) is 1. The van der Waals surface area contributed by atoms with E-state index in [0.717, 1.165) is 63.3 Å². The molecule has 7 rings (SSSR count). The van der Waals surface area contributed by atoms with Gasteiger partial charge in [-0.05, 0) is 69.3 Å². The minimum Gasteiger partial charge on any atom is -0.462 e. The zero-order valence-electron chi connectivity index (χ0n) is 22.4. The Morgan fingerprint density at radius 2 is 1.77 bits per heavy atom. The molecule has 2 aliphatic heterocycles. The Hall–Kier alpha value is -3.94. The highest BCUT2D eigenvalue weighted by Gasteiger charge is 2.52. The minimum atomic E-state index is -0.730. The fraction of sp³-hybridized carbons (Fsp3) is 0.188. The first kappa shape index (κ1) is 25.1. The van der Waals surface area contributed by atoms with Crippen molar-refractivity contribution in [3.63, 3.8) is 0 Å². The second-order valence-corrected chi connectivity index (χ2v) is 11.4. The van der Waals surface area contributed by atoms with E-state index >= 15 is 0 Å². The molecule has 0 saturated heterocycles. The van der Waals surface area contributed by atoms with Gasteiger partial charge in [0.25, 0.3) is 0 Å². The molecule has 40 heavy (non-hydrogen) atoms. The fourth-order valence-electron chi connectivity index (χ4n) is 5.77. The molecular formula is C32H27ClN4O2S. The Balaban J connectivity index is 1.57. The topological polar surface area (TPSA) is 55.8 Å². The number of nitrogens with zero attached hydrogens (tertiary/aromatic N) is 4. The van der Waals surface area contributed by atoms with E-state index < -0.39 is 4.75 Å². The molecule has 2 aliphatic rings. The Morgan fingerprint density at radius 1 is 0.950 bits per heavy atom. The first-order valence-corrected chi connectivity index (χ1v) is 14.6.